The van der Waals surface area contributed by atoms with E-state index in [2.05, 4.69) is 25.8 Å². The quantitative estimate of drug-likeness (QED) is 0.558. The largest absolute Gasteiger partial charge is 0.303 e. The Morgan fingerprint density at radius 2 is 2.00 bits per heavy atom. The van der Waals surface area contributed by atoms with Crippen molar-refractivity contribution in [3.63, 3.8) is 0 Å². The third kappa shape index (κ3) is 1.20. The lowest BCUT2D eigenvalue weighted by Gasteiger charge is -2.22. The van der Waals surface area contributed by atoms with Gasteiger partial charge in [-0.1, -0.05) is 13.8 Å². The van der Waals surface area contributed by atoms with Crippen LogP contribution in [0.5, 0.6) is 0 Å². The van der Waals surface area contributed by atoms with E-state index in [4.69, 9.17) is 0 Å². The van der Waals surface area contributed by atoms with Crippen LogP contribution in [0.4, 0.5) is 0 Å². The second-order valence-corrected chi connectivity index (χ2v) is 4.93. The van der Waals surface area contributed by atoms with E-state index in [1.165, 1.54) is 25.8 Å². The zero-order chi connectivity index (χ0) is 8.06. The number of nitrogens with zero attached hydrogens (tertiary/aromatic N) is 1. The van der Waals surface area contributed by atoms with Crippen LogP contribution in [0.3, 0.4) is 0 Å². The third-order valence-electron chi connectivity index (χ3n) is 3.52. The van der Waals surface area contributed by atoms with Crippen LogP contribution in [-0.4, -0.2) is 24.5 Å². The standard InChI is InChI=1S/C10H19N/c1-8(2)9-6-10(4-5-10)7-11(9)3/h8-9H,4-7H2,1-3H3/t9-/m1/s1. The van der Waals surface area contributed by atoms with Gasteiger partial charge in [0.1, 0.15) is 0 Å². The summed E-state index contributed by atoms with van der Waals surface area (Å²) in [5.74, 6) is 0.847. The molecule has 1 aliphatic heterocycles. The molecule has 0 unspecified atom stereocenters. The minimum atomic E-state index is 0.795. The molecule has 0 amide bonds. The van der Waals surface area contributed by atoms with Crippen LogP contribution in [0.25, 0.3) is 0 Å². The van der Waals surface area contributed by atoms with Crippen molar-refractivity contribution in [1.82, 2.24) is 4.90 Å². The molecule has 1 saturated carbocycles. The molecule has 11 heavy (non-hydrogen) atoms. The molecular formula is C10H19N. The van der Waals surface area contributed by atoms with E-state index in [1.54, 1.807) is 0 Å². The topological polar surface area (TPSA) is 3.24 Å². The van der Waals surface area contributed by atoms with Gasteiger partial charge in [0.25, 0.3) is 0 Å². The van der Waals surface area contributed by atoms with Gasteiger partial charge >= 0.3 is 0 Å². The first-order valence-electron chi connectivity index (χ1n) is 4.83. The smallest absolute Gasteiger partial charge is 0.0121 e. The Labute approximate surface area is 69.8 Å². The molecule has 0 aromatic rings. The summed E-state index contributed by atoms with van der Waals surface area (Å²) in [4.78, 5) is 2.57. The lowest BCUT2D eigenvalue weighted by atomic mass is 9.96. The molecule has 2 aliphatic rings. The van der Waals surface area contributed by atoms with Crippen molar-refractivity contribution in [1.29, 1.82) is 0 Å². The molecule has 1 heterocycles. The fraction of sp³-hybridized carbons (Fsp3) is 1.00. The fourth-order valence-electron chi connectivity index (χ4n) is 2.59. The first kappa shape index (κ1) is 7.60. The van der Waals surface area contributed by atoms with Gasteiger partial charge in [0.05, 0.1) is 0 Å². The Bertz CT molecular complexity index is 158. The van der Waals surface area contributed by atoms with Crippen molar-refractivity contribution < 1.29 is 0 Å². The Morgan fingerprint density at radius 1 is 1.36 bits per heavy atom. The number of likely N-dealkylation sites (tertiary alicyclic amines) is 1. The van der Waals surface area contributed by atoms with Gasteiger partial charge in [-0.15, -0.1) is 0 Å². The van der Waals surface area contributed by atoms with Crippen molar-refractivity contribution in [3.05, 3.63) is 0 Å². The molecule has 2 rings (SSSR count). The maximum absolute atomic E-state index is 2.57. The zero-order valence-corrected chi connectivity index (χ0v) is 7.93. The van der Waals surface area contributed by atoms with Gasteiger partial charge in [0.15, 0.2) is 0 Å². The molecule has 0 aromatic carbocycles. The summed E-state index contributed by atoms with van der Waals surface area (Å²) in [5.41, 5.74) is 0.795. The summed E-state index contributed by atoms with van der Waals surface area (Å²) < 4.78 is 0. The van der Waals surface area contributed by atoms with Gasteiger partial charge in [0, 0.05) is 12.6 Å². The first-order chi connectivity index (χ1) is 5.13. The maximum Gasteiger partial charge on any atom is 0.0121 e. The van der Waals surface area contributed by atoms with E-state index in [9.17, 15) is 0 Å². The van der Waals surface area contributed by atoms with Gasteiger partial charge in [-0.2, -0.15) is 0 Å². The number of hydrogen-bond donors (Lipinski definition) is 0. The highest BCUT2D eigenvalue weighted by atomic mass is 15.2. The Hall–Kier alpha value is -0.0400. The molecule has 2 fully saturated rings. The summed E-state index contributed by atoms with van der Waals surface area (Å²) in [6, 6.07) is 0.873. The summed E-state index contributed by atoms with van der Waals surface area (Å²) in [6.07, 6.45) is 4.47. The second-order valence-electron chi connectivity index (χ2n) is 4.93. The van der Waals surface area contributed by atoms with Gasteiger partial charge in [0.2, 0.25) is 0 Å². The molecule has 0 aromatic heterocycles. The minimum Gasteiger partial charge on any atom is -0.303 e. The molecule has 1 heteroatoms. The molecule has 0 radical (unpaired) electrons. The Morgan fingerprint density at radius 3 is 2.27 bits per heavy atom. The van der Waals surface area contributed by atoms with E-state index >= 15 is 0 Å². The van der Waals surface area contributed by atoms with Crippen LogP contribution >= 0.6 is 0 Å². The average molecular weight is 153 g/mol. The van der Waals surface area contributed by atoms with E-state index in [0.29, 0.717) is 0 Å². The fourth-order valence-corrected chi connectivity index (χ4v) is 2.59. The van der Waals surface area contributed by atoms with Crippen LogP contribution in [0.2, 0.25) is 0 Å². The van der Waals surface area contributed by atoms with Crippen molar-refractivity contribution >= 4 is 0 Å². The molecule has 1 spiro atoms. The van der Waals surface area contributed by atoms with Crippen molar-refractivity contribution in [2.75, 3.05) is 13.6 Å². The average Bonchev–Trinajstić information content (AvgIpc) is 2.54. The Balaban J connectivity index is 2.02. The van der Waals surface area contributed by atoms with E-state index in [-0.39, 0.29) is 0 Å². The highest BCUT2D eigenvalue weighted by Gasteiger charge is 2.51. The lowest BCUT2D eigenvalue weighted by molar-refractivity contribution is 0.249. The molecule has 1 nitrogen and oxygen atoms in total. The van der Waals surface area contributed by atoms with Crippen LogP contribution in [0, 0.1) is 11.3 Å². The monoisotopic (exact) mass is 153 g/mol. The normalized spacial score (nSPS) is 35.5. The Kier molecular flexibility index (Phi) is 1.54. The number of rotatable bonds is 1. The SMILES string of the molecule is CC(C)[C@H]1CC2(CC2)CN1C. The van der Waals surface area contributed by atoms with Crippen LogP contribution in [0.1, 0.15) is 33.1 Å². The molecule has 1 atom stereocenters. The molecular weight excluding hydrogens is 134 g/mol. The molecule has 0 N–H and O–H groups in total. The van der Waals surface area contributed by atoms with Crippen molar-refractivity contribution in [2.45, 2.75) is 39.2 Å². The second kappa shape index (κ2) is 2.22. The molecule has 0 bridgehead atoms. The summed E-state index contributed by atoms with van der Waals surface area (Å²) in [7, 11) is 2.29. The highest BCUT2D eigenvalue weighted by molar-refractivity contribution is 5.04. The van der Waals surface area contributed by atoms with Gasteiger partial charge < -0.3 is 4.90 Å². The van der Waals surface area contributed by atoms with Gasteiger partial charge in [-0.3, -0.25) is 0 Å². The predicted molar refractivity (Wildman–Crippen MR) is 47.5 cm³/mol. The van der Waals surface area contributed by atoms with Gasteiger partial charge in [-0.05, 0) is 37.6 Å². The van der Waals surface area contributed by atoms with Crippen molar-refractivity contribution in [2.24, 2.45) is 11.3 Å². The third-order valence-corrected chi connectivity index (χ3v) is 3.52. The maximum atomic E-state index is 2.57. The van der Waals surface area contributed by atoms with Crippen molar-refractivity contribution in [3.8, 4) is 0 Å². The summed E-state index contributed by atoms with van der Waals surface area (Å²) in [6.45, 7) is 6.07. The molecule has 64 valence electrons. The van der Waals surface area contributed by atoms with Crippen LogP contribution in [-0.2, 0) is 0 Å². The molecule has 1 aliphatic carbocycles. The van der Waals surface area contributed by atoms with E-state index in [0.717, 1.165) is 17.4 Å². The molecule has 1 saturated heterocycles. The van der Waals surface area contributed by atoms with E-state index in [1.807, 2.05) is 0 Å². The summed E-state index contributed by atoms with van der Waals surface area (Å²) in [5, 5.41) is 0. The predicted octanol–water partition coefficient (Wildman–Crippen LogP) is 2.13. The van der Waals surface area contributed by atoms with E-state index < -0.39 is 0 Å². The van der Waals surface area contributed by atoms with Gasteiger partial charge in [-0.25, -0.2) is 0 Å². The lowest BCUT2D eigenvalue weighted by Crippen LogP contribution is -2.29. The zero-order valence-electron chi connectivity index (χ0n) is 7.93. The number of hydrogen-bond acceptors (Lipinski definition) is 1. The highest BCUT2D eigenvalue weighted by Crippen LogP contribution is 2.55. The minimum absolute atomic E-state index is 0.795. The summed E-state index contributed by atoms with van der Waals surface area (Å²) >= 11 is 0. The van der Waals surface area contributed by atoms with Crippen LogP contribution < -0.4 is 0 Å². The van der Waals surface area contributed by atoms with Crippen LogP contribution in [0.15, 0.2) is 0 Å². The first-order valence-corrected chi connectivity index (χ1v) is 4.83.